The summed E-state index contributed by atoms with van der Waals surface area (Å²) in [5.74, 6) is 0.788. The van der Waals surface area contributed by atoms with Crippen molar-refractivity contribution in [2.24, 2.45) is 0 Å². The molecule has 0 aromatic heterocycles. The van der Waals surface area contributed by atoms with Gasteiger partial charge >= 0.3 is 6.03 Å². The molecule has 0 bridgehead atoms. The first-order valence-corrected chi connectivity index (χ1v) is 9.15. The zero-order valence-electron chi connectivity index (χ0n) is 14.9. The molecule has 0 spiro atoms. The first kappa shape index (κ1) is 19.6. The third-order valence-corrected chi connectivity index (χ3v) is 4.84. The lowest BCUT2D eigenvalue weighted by atomic mass is 10.1. The van der Waals surface area contributed by atoms with Crippen molar-refractivity contribution < 1.29 is 18.7 Å². The second-order valence-electron chi connectivity index (χ2n) is 6.29. The number of nitrogens with one attached hydrogen (secondary N) is 1. The molecular formula is C19H19Cl2FN2O3. The van der Waals surface area contributed by atoms with Gasteiger partial charge in [-0.25, -0.2) is 9.18 Å². The van der Waals surface area contributed by atoms with E-state index in [0.29, 0.717) is 41.8 Å². The first-order chi connectivity index (χ1) is 12.8. The number of nitrogens with zero attached hydrogens (tertiary/aromatic N) is 1. The first-order valence-electron chi connectivity index (χ1n) is 8.39. The molecule has 2 aromatic carbocycles. The van der Waals surface area contributed by atoms with Gasteiger partial charge in [0.05, 0.1) is 11.1 Å². The summed E-state index contributed by atoms with van der Waals surface area (Å²) < 4.78 is 24.8. The average Bonchev–Trinajstić information content (AvgIpc) is 2.64. The highest BCUT2D eigenvalue weighted by molar-refractivity contribution is 6.35. The van der Waals surface area contributed by atoms with Crippen molar-refractivity contribution in [1.82, 2.24) is 10.2 Å². The highest BCUT2D eigenvalue weighted by Crippen LogP contribution is 2.31. The Bertz CT molecular complexity index is 863. The van der Waals surface area contributed by atoms with Gasteiger partial charge in [0, 0.05) is 18.6 Å². The van der Waals surface area contributed by atoms with Crippen LogP contribution < -0.4 is 14.8 Å². The molecule has 2 aromatic rings. The smallest absolute Gasteiger partial charge is 0.317 e. The molecule has 5 nitrogen and oxygen atoms in total. The van der Waals surface area contributed by atoms with Crippen molar-refractivity contribution in [3.05, 3.63) is 57.3 Å². The summed E-state index contributed by atoms with van der Waals surface area (Å²) in [6.07, 6.45) is 0. The Morgan fingerprint density at radius 1 is 1.19 bits per heavy atom. The van der Waals surface area contributed by atoms with Gasteiger partial charge in [0.2, 0.25) is 0 Å². The molecule has 1 unspecified atom stereocenters. The van der Waals surface area contributed by atoms with Gasteiger partial charge in [0.25, 0.3) is 0 Å². The van der Waals surface area contributed by atoms with E-state index in [1.807, 2.05) is 18.2 Å². The van der Waals surface area contributed by atoms with E-state index in [9.17, 15) is 9.18 Å². The number of amides is 2. The van der Waals surface area contributed by atoms with Crippen LogP contribution in [0.5, 0.6) is 11.5 Å². The van der Waals surface area contributed by atoms with Crippen LogP contribution >= 0.6 is 23.2 Å². The molecule has 144 valence electrons. The molecular weight excluding hydrogens is 394 g/mol. The molecule has 1 aliphatic heterocycles. The Morgan fingerprint density at radius 3 is 2.63 bits per heavy atom. The molecule has 1 heterocycles. The number of benzene rings is 2. The zero-order valence-corrected chi connectivity index (χ0v) is 16.4. The van der Waals surface area contributed by atoms with Crippen LogP contribution in [0.2, 0.25) is 10.0 Å². The Labute approximate surface area is 167 Å². The Kier molecular flexibility index (Phi) is 5.97. The lowest BCUT2D eigenvalue weighted by Crippen LogP contribution is -2.38. The normalized spacial score (nSPS) is 13.8. The van der Waals surface area contributed by atoms with E-state index in [4.69, 9.17) is 32.7 Å². The van der Waals surface area contributed by atoms with E-state index in [1.165, 1.54) is 17.0 Å². The Balaban J connectivity index is 1.64. The summed E-state index contributed by atoms with van der Waals surface area (Å²) in [6, 6.07) is 7.32. The molecule has 0 saturated carbocycles. The van der Waals surface area contributed by atoms with Crippen LogP contribution in [0, 0.1) is 5.82 Å². The summed E-state index contributed by atoms with van der Waals surface area (Å²) in [7, 11) is 1.67. The predicted molar refractivity (Wildman–Crippen MR) is 102 cm³/mol. The number of hydrogen-bond donors (Lipinski definition) is 1. The summed E-state index contributed by atoms with van der Waals surface area (Å²) in [5.41, 5.74) is 1.36. The Hall–Kier alpha value is -2.18. The van der Waals surface area contributed by atoms with E-state index in [1.54, 1.807) is 14.0 Å². The maximum Gasteiger partial charge on any atom is 0.317 e. The van der Waals surface area contributed by atoms with Gasteiger partial charge in [-0.15, -0.1) is 0 Å². The second-order valence-corrected chi connectivity index (χ2v) is 7.11. The lowest BCUT2D eigenvalue weighted by molar-refractivity contribution is 0.171. The van der Waals surface area contributed by atoms with Crippen molar-refractivity contribution in [2.45, 2.75) is 19.5 Å². The van der Waals surface area contributed by atoms with Gasteiger partial charge in [-0.05, 0) is 42.3 Å². The van der Waals surface area contributed by atoms with Gasteiger partial charge in [0.1, 0.15) is 19.0 Å². The molecule has 3 rings (SSSR count). The van der Waals surface area contributed by atoms with Crippen LogP contribution in [0.3, 0.4) is 0 Å². The quantitative estimate of drug-likeness (QED) is 0.733. The van der Waals surface area contributed by atoms with Crippen LogP contribution in [0.1, 0.15) is 24.1 Å². The van der Waals surface area contributed by atoms with Crippen LogP contribution in [0.4, 0.5) is 9.18 Å². The Morgan fingerprint density at radius 2 is 1.89 bits per heavy atom. The number of halogens is 3. The molecule has 0 aliphatic carbocycles. The summed E-state index contributed by atoms with van der Waals surface area (Å²) >= 11 is 11.8. The number of hydrogen-bond acceptors (Lipinski definition) is 3. The van der Waals surface area contributed by atoms with E-state index in [2.05, 4.69) is 5.32 Å². The van der Waals surface area contributed by atoms with Gasteiger partial charge in [-0.3, -0.25) is 0 Å². The fraction of sp³-hybridized carbons (Fsp3) is 0.316. The van der Waals surface area contributed by atoms with E-state index >= 15 is 0 Å². The third kappa shape index (κ3) is 4.57. The SMILES string of the molecule is CC(NC(=O)N(C)Cc1ccc2c(c1)OCCO2)c1cc(F)c(Cl)cc1Cl. The monoisotopic (exact) mass is 412 g/mol. The van der Waals surface area contributed by atoms with Gasteiger partial charge < -0.3 is 19.7 Å². The lowest BCUT2D eigenvalue weighted by Gasteiger charge is -2.23. The van der Waals surface area contributed by atoms with Gasteiger partial charge in [-0.2, -0.15) is 0 Å². The van der Waals surface area contributed by atoms with Crippen LogP contribution in [-0.2, 0) is 6.54 Å². The largest absolute Gasteiger partial charge is 0.486 e. The molecule has 1 atom stereocenters. The molecule has 0 saturated heterocycles. The molecule has 0 fully saturated rings. The average molecular weight is 413 g/mol. The summed E-state index contributed by atoms with van der Waals surface area (Å²) in [5, 5.41) is 3.04. The third-order valence-electron chi connectivity index (χ3n) is 4.22. The zero-order chi connectivity index (χ0) is 19.6. The number of fused-ring (bicyclic) bond motifs is 1. The molecule has 1 N–H and O–H groups in total. The van der Waals surface area contributed by atoms with Crippen molar-refractivity contribution >= 4 is 29.2 Å². The van der Waals surface area contributed by atoms with Gasteiger partial charge in [0.15, 0.2) is 11.5 Å². The molecule has 0 radical (unpaired) electrons. The summed E-state index contributed by atoms with van der Waals surface area (Å²) in [4.78, 5) is 14.0. The van der Waals surface area contributed by atoms with E-state index in [-0.39, 0.29) is 11.1 Å². The number of rotatable bonds is 4. The number of carbonyl (C=O) groups is 1. The van der Waals surface area contributed by atoms with E-state index in [0.717, 1.165) is 5.56 Å². The fourth-order valence-electron chi connectivity index (χ4n) is 2.77. The van der Waals surface area contributed by atoms with Crippen LogP contribution in [-0.4, -0.2) is 31.2 Å². The fourth-order valence-corrected chi connectivity index (χ4v) is 3.32. The maximum atomic E-state index is 13.7. The second kappa shape index (κ2) is 8.23. The number of ether oxygens (including phenoxy) is 2. The van der Waals surface area contributed by atoms with Crippen molar-refractivity contribution in [3.8, 4) is 11.5 Å². The van der Waals surface area contributed by atoms with Gasteiger partial charge in [-0.1, -0.05) is 29.3 Å². The standard InChI is InChI=1S/C19H19Cl2FN2O3/c1-11(13-8-16(22)15(21)9-14(13)20)23-19(25)24(2)10-12-3-4-17-18(7-12)27-6-5-26-17/h3-4,7-9,11H,5-6,10H2,1-2H3,(H,23,25). The van der Waals surface area contributed by atoms with Crippen LogP contribution in [0.25, 0.3) is 0 Å². The van der Waals surface area contributed by atoms with Crippen LogP contribution in [0.15, 0.2) is 30.3 Å². The number of carbonyl (C=O) groups excluding carboxylic acids is 1. The molecule has 8 heteroatoms. The predicted octanol–water partition coefficient (Wildman–Crippen LogP) is 4.81. The minimum Gasteiger partial charge on any atom is -0.486 e. The summed E-state index contributed by atoms with van der Waals surface area (Å²) in [6.45, 7) is 3.13. The highest BCUT2D eigenvalue weighted by Gasteiger charge is 2.19. The topological polar surface area (TPSA) is 50.8 Å². The molecule has 27 heavy (non-hydrogen) atoms. The minimum atomic E-state index is -0.582. The molecule has 1 aliphatic rings. The maximum absolute atomic E-state index is 13.7. The minimum absolute atomic E-state index is 0.0574. The van der Waals surface area contributed by atoms with Crippen molar-refractivity contribution in [3.63, 3.8) is 0 Å². The molecule has 2 amide bonds. The number of urea groups is 1. The van der Waals surface area contributed by atoms with Crippen molar-refractivity contribution in [2.75, 3.05) is 20.3 Å². The van der Waals surface area contributed by atoms with Crippen molar-refractivity contribution in [1.29, 1.82) is 0 Å². The van der Waals surface area contributed by atoms with E-state index < -0.39 is 11.9 Å². The highest BCUT2D eigenvalue weighted by atomic mass is 35.5.